The quantitative estimate of drug-likeness (QED) is 0.800. The number of fused-ring (bicyclic) bond motifs is 1. The highest BCUT2D eigenvalue weighted by Crippen LogP contribution is 2.25. The van der Waals surface area contributed by atoms with Crippen molar-refractivity contribution in [2.45, 2.75) is 32.7 Å². The molecule has 6 nitrogen and oxygen atoms in total. The average Bonchev–Trinajstić information content (AvgIpc) is 2.82. The van der Waals surface area contributed by atoms with Crippen molar-refractivity contribution >= 4 is 11.9 Å². The number of aromatic amines is 1. The number of carbonyl (C=O) groups is 1. The van der Waals surface area contributed by atoms with Crippen molar-refractivity contribution in [3.05, 3.63) is 29.6 Å². The maximum Gasteiger partial charge on any atom is 0.253 e. The topological polar surface area (TPSA) is 96.7 Å². The predicted molar refractivity (Wildman–Crippen MR) is 80.6 cm³/mol. The number of amides is 1. The van der Waals surface area contributed by atoms with Gasteiger partial charge >= 0.3 is 0 Å². The van der Waals surface area contributed by atoms with Crippen LogP contribution in [0.25, 0.3) is 11.4 Å². The molecule has 0 aliphatic carbocycles. The van der Waals surface area contributed by atoms with Gasteiger partial charge in [-0.05, 0) is 24.5 Å². The van der Waals surface area contributed by atoms with Crippen LogP contribution in [-0.4, -0.2) is 26.9 Å². The molecule has 0 spiro atoms. The van der Waals surface area contributed by atoms with Gasteiger partial charge < -0.3 is 16.0 Å². The van der Waals surface area contributed by atoms with E-state index in [-0.39, 0.29) is 17.9 Å². The summed E-state index contributed by atoms with van der Waals surface area (Å²) in [5.74, 6) is 0.751. The smallest absolute Gasteiger partial charge is 0.253 e. The van der Waals surface area contributed by atoms with Gasteiger partial charge in [-0.1, -0.05) is 13.8 Å². The van der Waals surface area contributed by atoms with Gasteiger partial charge in [-0.3, -0.25) is 4.79 Å². The van der Waals surface area contributed by atoms with Crippen LogP contribution in [0.5, 0.6) is 0 Å². The van der Waals surface area contributed by atoms with Crippen molar-refractivity contribution < 1.29 is 4.79 Å². The van der Waals surface area contributed by atoms with Crippen molar-refractivity contribution in [2.75, 3.05) is 5.73 Å². The molecule has 0 fully saturated rings. The van der Waals surface area contributed by atoms with Gasteiger partial charge in [0.05, 0.1) is 17.0 Å². The molecule has 3 rings (SSSR count). The third kappa shape index (κ3) is 2.74. The lowest BCUT2D eigenvalue weighted by Crippen LogP contribution is -2.41. The molecule has 0 aromatic carbocycles. The summed E-state index contributed by atoms with van der Waals surface area (Å²) in [5, 5.41) is 3.06. The van der Waals surface area contributed by atoms with Crippen LogP contribution < -0.4 is 11.1 Å². The second-order valence-corrected chi connectivity index (χ2v) is 5.88. The summed E-state index contributed by atoms with van der Waals surface area (Å²) in [6.45, 7) is 4.32. The van der Waals surface area contributed by atoms with E-state index in [2.05, 4.69) is 34.1 Å². The molecule has 0 saturated heterocycles. The molecule has 21 heavy (non-hydrogen) atoms. The van der Waals surface area contributed by atoms with E-state index < -0.39 is 0 Å². The molecule has 2 aromatic rings. The van der Waals surface area contributed by atoms with Crippen LogP contribution in [0.3, 0.4) is 0 Å². The Bertz CT molecular complexity index is 676. The Hall–Kier alpha value is -2.37. The zero-order valence-electron chi connectivity index (χ0n) is 12.2. The number of nitrogen functional groups attached to an aromatic ring is 1. The lowest BCUT2D eigenvalue weighted by molar-refractivity contribution is 0.0919. The molecular formula is C15H19N5O. The van der Waals surface area contributed by atoms with Crippen LogP contribution >= 0.6 is 0 Å². The molecule has 6 heteroatoms. The van der Waals surface area contributed by atoms with E-state index in [0.717, 1.165) is 24.2 Å². The number of hydrogen-bond donors (Lipinski definition) is 3. The van der Waals surface area contributed by atoms with E-state index >= 15 is 0 Å². The molecule has 4 N–H and O–H groups in total. The Kier molecular flexibility index (Phi) is 3.37. The summed E-state index contributed by atoms with van der Waals surface area (Å²) in [4.78, 5) is 23.6. The summed E-state index contributed by atoms with van der Waals surface area (Å²) in [7, 11) is 0. The zero-order valence-corrected chi connectivity index (χ0v) is 12.2. The fourth-order valence-corrected chi connectivity index (χ4v) is 2.79. The first kappa shape index (κ1) is 13.6. The van der Waals surface area contributed by atoms with Gasteiger partial charge in [-0.2, -0.15) is 0 Å². The Morgan fingerprint density at radius 3 is 3.00 bits per heavy atom. The highest BCUT2D eigenvalue weighted by Gasteiger charge is 2.27. The molecule has 1 unspecified atom stereocenters. The minimum Gasteiger partial charge on any atom is -0.368 e. The molecule has 0 bridgehead atoms. The second-order valence-electron chi connectivity index (χ2n) is 5.88. The van der Waals surface area contributed by atoms with Crippen molar-refractivity contribution in [1.29, 1.82) is 0 Å². The fraction of sp³-hybridized carbons (Fsp3) is 0.400. The van der Waals surface area contributed by atoms with Gasteiger partial charge in [0, 0.05) is 24.4 Å². The van der Waals surface area contributed by atoms with E-state index in [4.69, 9.17) is 5.73 Å². The highest BCUT2D eigenvalue weighted by atomic mass is 16.1. The van der Waals surface area contributed by atoms with Crippen LogP contribution in [-0.2, 0) is 6.42 Å². The van der Waals surface area contributed by atoms with Crippen molar-refractivity contribution in [1.82, 2.24) is 20.3 Å². The standard InChI is InChI=1S/C15H19N5O/c1-8(2)5-9-6-12-10(14(21)18-9)7-13(19-12)11-3-4-17-15(16)20-11/h3-4,7-9,19H,5-6H2,1-2H3,(H,18,21)(H2,16,17,20). The lowest BCUT2D eigenvalue weighted by Gasteiger charge is -2.24. The zero-order chi connectivity index (χ0) is 15.0. The second kappa shape index (κ2) is 5.20. The largest absolute Gasteiger partial charge is 0.368 e. The first-order chi connectivity index (χ1) is 10.0. The summed E-state index contributed by atoms with van der Waals surface area (Å²) < 4.78 is 0. The average molecular weight is 285 g/mol. The molecule has 3 heterocycles. The van der Waals surface area contributed by atoms with Crippen LogP contribution in [0.15, 0.2) is 18.3 Å². The van der Waals surface area contributed by atoms with E-state index in [1.807, 2.05) is 6.07 Å². The number of nitrogens with one attached hydrogen (secondary N) is 2. The number of nitrogens with two attached hydrogens (primary N) is 1. The first-order valence-corrected chi connectivity index (χ1v) is 7.14. The number of hydrogen-bond acceptors (Lipinski definition) is 4. The normalized spacial score (nSPS) is 17.7. The third-order valence-electron chi connectivity index (χ3n) is 3.64. The van der Waals surface area contributed by atoms with Crippen LogP contribution in [0.2, 0.25) is 0 Å². The maximum absolute atomic E-state index is 12.2. The van der Waals surface area contributed by atoms with Crippen LogP contribution in [0.1, 0.15) is 36.3 Å². The molecule has 110 valence electrons. The molecule has 1 aliphatic heterocycles. The highest BCUT2D eigenvalue weighted by molar-refractivity contribution is 5.98. The molecular weight excluding hydrogens is 266 g/mol. The van der Waals surface area contributed by atoms with E-state index in [1.54, 1.807) is 12.3 Å². The van der Waals surface area contributed by atoms with E-state index in [1.165, 1.54) is 0 Å². The lowest BCUT2D eigenvalue weighted by atomic mass is 9.95. The molecule has 1 aliphatic rings. The summed E-state index contributed by atoms with van der Waals surface area (Å²) in [5.41, 5.74) is 8.77. The third-order valence-corrected chi connectivity index (χ3v) is 3.64. The number of nitrogens with zero attached hydrogens (tertiary/aromatic N) is 2. The first-order valence-electron chi connectivity index (χ1n) is 7.14. The predicted octanol–water partition coefficient (Wildman–Crippen LogP) is 1.75. The number of anilines is 1. The number of aromatic nitrogens is 3. The maximum atomic E-state index is 12.2. The van der Waals surface area contributed by atoms with Crippen LogP contribution in [0.4, 0.5) is 5.95 Å². The van der Waals surface area contributed by atoms with Gasteiger partial charge in [-0.15, -0.1) is 0 Å². The van der Waals surface area contributed by atoms with Gasteiger partial charge in [-0.25, -0.2) is 9.97 Å². The Morgan fingerprint density at radius 1 is 1.48 bits per heavy atom. The van der Waals surface area contributed by atoms with Gasteiger partial charge in [0.1, 0.15) is 0 Å². The Labute approximate surface area is 123 Å². The summed E-state index contributed by atoms with van der Waals surface area (Å²) >= 11 is 0. The van der Waals surface area contributed by atoms with E-state index in [0.29, 0.717) is 17.2 Å². The molecule has 1 atom stereocenters. The fourth-order valence-electron chi connectivity index (χ4n) is 2.79. The Balaban J connectivity index is 1.91. The van der Waals surface area contributed by atoms with Gasteiger partial charge in [0.25, 0.3) is 5.91 Å². The summed E-state index contributed by atoms with van der Waals surface area (Å²) in [6.07, 6.45) is 3.40. The number of H-pyrrole nitrogens is 1. The van der Waals surface area contributed by atoms with Gasteiger partial charge in [0.2, 0.25) is 5.95 Å². The molecule has 0 radical (unpaired) electrons. The number of rotatable bonds is 3. The van der Waals surface area contributed by atoms with Crippen molar-refractivity contribution in [3.63, 3.8) is 0 Å². The monoisotopic (exact) mass is 285 g/mol. The summed E-state index contributed by atoms with van der Waals surface area (Å²) in [6, 6.07) is 3.79. The molecule has 1 amide bonds. The van der Waals surface area contributed by atoms with Crippen molar-refractivity contribution in [3.8, 4) is 11.4 Å². The number of carbonyl (C=O) groups excluding carboxylic acids is 1. The van der Waals surface area contributed by atoms with E-state index in [9.17, 15) is 4.79 Å². The molecule has 0 saturated carbocycles. The minimum absolute atomic E-state index is 0.0218. The SMILES string of the molecule is CC(C)CC1Cc2[nH]c(-c3ccnc(N)n3)cc2C(=O)N1. The van der Waals surface area contributed by atoms with Crippen LogP contribution in [0, 0.1) is 5.92 Å². The molecule has 2 aromatic heterocycles. The Morgan fingerprint density at radius 2 is 2.29 bits per heavy atom. The van der Waals surface area contributed by atoms with Crippen molar-refractivity contribution in [2.24, 2.45) is 5.92 Å². The minimum atomic E-state index is -0.0218. The van der Waals surface area contributed by atoms with Gasteiger partial charge in [0.15, 0.2) is 0 Å².